The number of nitrogens with one attached hydrogen (secondary N) is 2. The largest absolute Gasteiger partial charge is 0.399 e. The number of pyridine rings is 1. The van der Waals surface area contributed by atoms with Crippen molar-refractivity contribution >= 4 is 33.8 Å². The number of anilines is 4. The Morgan fingerprint density at radius 1 is 0.967 bits per heavy atom. The van der Waals surface area contributed by atoms with Crippen molar-refractivity contribution in [1.82, 2.24) is 14.9 Å². The van der Waals surface area contributed by atoms with Crippen molar-refractivity contribution in [3.63, 3.8) is 0 Å². The molecule has 3 heterocycles. The molecule has 0 aliphatic carbocycles. The van der Waals surface area contributed by atoms with Crippen molar-refractivity contribution in [1.29, 1.82) is 0 Å². The fourth-order valence-electron chi connectivity index (χ4n) is 3.92. The molecule has 5 rings (SSSR count). The van der Waals surface area contributed by atoms with Crippen molar-refractivity contribution < 1.29 is 0 Å². The van der Waals surface area contributed by atoms with Gasteiger partial charge in [-0.25, -0.2) is 4.98 Å². The van der Waals surface area contributed by atoms with E-state index in [1.165, 1.54) is 5.69 Å². The van der Waals surface area contributed by atoms with Gasteiger partial charge in [0.25, 0.3) is 0 Å². The summed E-state index contributed by atoms with van der Waals surface area (Å²) >= 11 is 0. The summed E-state index contributed by atoms with van der Waals surface area (Å²) in [6.45, 7) is 4.36. The summed E-state index contributed by atoms with van der Waals surface area (Å²) in [5.74, 6) is 0.816. The maximum Gasteiger partial charge on any atom is 0.132 e. The summed E-state index contributed by atoms with van der Waals surface area (Å²) in [7, 11) is 2.18. The van der Waals surface area contributed by atoms with Crippen LogP contribution in [0.4, 0.5) is 22.9 Å². The van der Waals surface area contributed by atoms with E-state index >= 15 is 0 Å². The Morgan fingerprint density at radius 3 is 2.53 bits per heavy atom. The number of nitrogens with two attached hydrogens (primary N) is 1. The molecule has 152 valence electrons. The van der Waals surface area contributed by atoms with Gasteiger partial charge in [0.1, 0.15) is 5.82 Å². The summed E-state index contributed by atoms with van der Waals surface area (Å²) in [5, 5.41) is 4.49. The fraction of sp³-hybridized carbons (Fsp3) is 0.208. The Kier molecular flexibility index (Phi) is 4.77. The highest BCUT2D eigenvalue weighted by molar-refractivity contribution is 5.87. The van der Waals surface area contributed by atoms with E-state index in [9.17, 15) is 0 Å². The first-order valence-corrected chi connectivity index (χ1v) is 10.3. The summed E-state index contributed by atoms with van der Waals surface area (Å²) < 4.78 is 0. The molecule has 0 bridgehead atoms. The molecule has 0 spiro atoms. The molecule has 0 atom stereocenters. The number of nitrogens with zero attached hydrogens (tertiary/aromatic N) is 3. The molecule has 4 aromatic rings. The zero-order chi connectivity index (χ0) is 20.5. The van der Waals surface area contributed by atoms with Crippen LogP contribution in [-0.4, -0.2) is 48.1 Å². The lowest BCUT2D eigenvalue weighted by Gasteiger charge is -2.34. The van der Waals surface area contributed by atoms with Crippen LogP contribution in [0.1, 0.15) is 0 Å². The number of benzene rings is 2. The second kappa shape index (κ2) is 7.72. The number of hydrogen-bond acceptors (Lipinski definition) is 5. The van der Waals surface area contributed by atoms with Crippen molar-refractivity contribution in [2.24, 2.45) is 0 Å². The lowest BCUT2D eigenvalue weighted by atomic mass is 10.1. The van der Waals surface area contributed by atoms with E-state index in [1.54, 1.807) is 0 Å². The fourth-order valence-corrected chi connectivity index (χ4v) is 3.92. The van der Waals surface area contributed by atoms with E-state index in [4.69, 9.17) is 5.73 Å². The zero-order valence-electron chi connectivity index (χ0n) is 17.1. The van der Waals surface area contributed by atoms with E-state index in [-0.39, 0.29) is 0 Å². The van der Waals surface area contributed by atoms with Gasteiger partial charge in [0.15, 0.2) is 0 Å². The molecule has 30 heavy (non-hydrogen) atoms. The molecule has 0 unspecified atom stereocenters. The number of hydrogen-bond donors (Lipinski definition) is 3. The van der Waals surface area contributed by atoms with Gasteiger partial charge in [-0.05, 0) is 55.1 Å². The predicted molar refractivity (Wildman–Crippen MR) is 125 cm³/mol. The summed E-state index contributed by atoms with van der Waals surface area (Å²) in [4.78, 5) is 12.9. The van der Waals surface area contributed by atoms with Gasteiger partial charge >= 0.3 is 0 Å². The van der Waals surface area contributed by atoms with Gasteiger partial charge in [0, 0.05) is 66.6 Å². The van der Waals surface area contributed by atoms with Crippen LogP contribution < -0.4 is 16.0 Å². The van der Waals surface area contributed by atoms with Crippen LogP contribution in [-0.2, 0) is 0 Å². The molecule has 1 fully saturated rings. The quantitative estimate of drug-likeness (QED) is 0.447. The lowest BCUT2D eigenvalue weighted by Crippen LogP contribution is -2.44. The van der Waals surface area contributed by atoms with Crippen molar-refractivity contribution in [2.45, 2.75) is 0 Å². The van der Waals surface area contributed by atoms with Gasteiger partial charge in [-0.3, -0.25) is 0 Å². The van der Waals surface area contributed by atoms with Crippen molar-refractivity contribution in [3.05, 3.63) is 66.9 Å². The summed E-state index contributed by atoms with van der Waals surface area (Å²) in [5.41, 5.74) is 12.1. The van der Waals surface area contributed by atoms with E-state index in [0.717, 1.165) is 65.5 Å². The van der Waals surface area contributed by atoms with Crippen LogP contribution in [0, 0.1) is 0 Å². The number of aromatic amines is 1. The molecular weight excluding hydrogens is 372 g/mol. The molecule has 1 saturated heterocycles. The van der Waals surface area contributed by atoms with Gasteiger partial charge < -0.3 is 25.8 Å². The molecule has 2 aromatic carbocycles. The monoisotopic (exact) mass is 398 g/mol. The maximum atomic E-state index is 5.92. The number of fused-ring (bicyclic) bond motifs is 1. The van der Waals surface area contributed by atoms with Crippen LogP contribution in [0.3, 0.4) is 0 Å². The van der Waals surface area contributed by atoms with E-state index in [0.29, 0.717) is 0 Å². The van der Waals surface area contributed by atoms with Crippen LogP contribution >= 0.6 is 0 Å². The van der Waals surface area contributed by atoms with Gasteiger partial charge in [-0.1, -0.05) is 12.1 Å². The average Bonchev–Trinajstić information content (AvgIpc) is 3.19. The highest BCUT2D eigenvalue weighted by Gasteiger charge is 2.14. The van der Waals surface area contributed by atoms with Crippen LogP contribution in [0.15, 0.2) is 66.9 Å². The molecule has 2 aromatic heterocycles. The number of rotatable bonds is 4. The van der Waals surface area contributed by atoms with Crippen LogP contribution in [0.2, 0.25) is 0 Å². The molecule has 0 amide bonds. The number of piperazine rings is 1. The van der Waals surface area contributed by atoms with E-state index in [1.807, 2.05) is 30.5 Å². The minimum absolute atomic E-state index is 0.756. The normalized spacial score (nSPS) is 14.9. The van der Waals surface area contributed by atoms with E-state index < -0.39 is 0 Å². The van der Waals surface area contributed by atoms with Gasteiger partial charge in [-0.2, -0.15) is 0 Å². The molecule has 4 N–H and O–H groups in total. The number of likely N-dealkylation sites (N-methyl/N-ethyl adjacent to an activating group) is 1. The molecular formula is C24H26N6. The Labute approximate surface area is 176 Å². The van der Waals surface area contributed by atoms with Gasteiger partial charge in [0.2, 0.25) is 0 Å². The number of nitrogen functional groups attached to an aromatic ring is 1. The number of aromatic nitrogens is 2. The summed E-state index contributed by atoms with van der Waals surface area (Å²) in [6, 6.07) is 20.6. The first kappa shape index (κ1) is 18.5. The second-order valence-electron chi connectivity index (χ2n) is 7.93. The van der Waals surface area contributed by atoms with Crippen molar-refractivity contribution in [3.8, 4) is 11.3 Å². The zero-order valence-corrected chi connectivity index (χ0v) is 17.1. The van der Waals surface area contributed by atoms with Crippen LogP contribution in [0.25, 0.3) is 22.2 Å². The highest BCUT2D eigenvalue weighted by Crippen LogP contribution is 2.27. The highest BCUT2D eigenvalue weighted by atomic mass is 15.2. The maximum absolute atomic E-state index is 5.92. The van der Waals surface area contributed by atoms with E-state index in [2.05, 4.69) is 68.5 Å². The molecule has 6 nitrogen and oxygen atoms in total. The average molecular weight is 399 g/mol. The van der Waals surface area contributed by atoms with Crippen LogP contribution in [0.5, 0.6) is 0 Å². The SMILES string of the molecule is CN1CCN(c2ccc(Nc3cc4[nH]c(-c5cccc(N)c5)cc4cn3)cc2)CC1. The first-order chi connectivity index (χ1) is 14.6. The minimum Gasteiger partial charge on any atom is -0.399 e. The molecule has 6 heteroatoms. The number of H-pyrrole nitrogens is 1. The van der Waals surface area contributed by atoms with Gasteiger partial charge in [0.05, 0.1) is 5.52 Å². The Morgan fingerprint density at radius 2 is 1.77 bits per heavy atom. The first-order valence-electron chi connectivity index (χ1n) is 10.3. The molecule has 1 aliphatic heterocycles. The molecule has 0 saturated carbocycles. The predicted octanol–water partition coefficient (Wildman–Crippen LogP) is 4.31. The van der Waals surface area contributed by atoms with Crippen molar-refractivity contribution in [2.75, 3.05) is 49.2 Å². The Bertz CT molecular complexity index is 1160. The topological polar surface area (TPSA) is 73.2 Å². The molecule has 1 aliphatic rings. The lowest BCUT2D eigenvalue weighted by molar-refractivity contribution is 0.313. The Balaban J connectivity index is 1.33. The Hall–Kier alpha value is -3.51. The third-order valence-corrected chi connectivity index (χ3v) is 5.71. The summed E-state index contributed by atoms with van der Waals surface area (Å²) in [6.07, 6.45) is 1.89. The third-order valence-electron chi connectivity index (χ3n) is 5.71. The standard InChI is InChI=1S/C24H26N6/c1-29-9-11-30(12-10-29)21-7-5-20(6-8-21)27-24-15-23-18(16-26-24)14-22(28-23)17-3-2-4-19(25)13-17/h2-8,13-16,28H,9-12,25H2,1H3,(H,26,27). The van der Waals surface area contributed by atoms with Gasteiger partial charge in [-0.15, -0.1) is 0 Å². The third kappa shape index (κ3) is 3.82. The molecule has 0 radical (unpaired) electrons. The smallest absolute Gasteiger partial charge is 0.132 e. The minimum atomic E-state index is 0.756. The second-order valence-corrected chi connectivity index (χ2v) is 7.93.